The average molecular weight is 232 g/mol. The lowest BCUT2D eigenvalue weighted by atomic mass is 10.9. The zero-order valence-corrected chi connectivity index (χ0v) is 8.25. The minimum absolute atomic E-state index is 0.694. The summed E-state index contributed by atoms with van der Waals surface area (Å²) >= 11 is 0. The van der Waals surface area contributed by atoms with Crippen molar-refractivity contribution in [3.63, 3.8) is 0 Å². The molecule has 0 amide bonds. The molecule has 1 radical (unpaired) electrons. The van der Waals surface area contributed by atoms with Gasteiger partial charge in [-0.1, -0.05) is 0 Å². The molecule has 2 N–H and O–H groups in total. The Bertz CT molecular complexity index is 296. The van der Waals surface area contributed by atoms with Gasteiger partial charge in [0.25, 0.3) is 0 Å². The summed E-state index contributed by atoms with van der Waals surface area (Å²) in [6.45, 7) is -1.39. The number of sulfonamides is 2. The van der Waals surface area contributed by atoms with Gasteiger partial charge in [0, 0.05) is 4.13 Å². The average Bonchev–Trinajstić information content (AvgIpc) is 1.82. The van der Waals surface area contributed by atoms with Crippen LogP contribution in [0.3, 0.4) is 0 Å². The molecule has 79 valence electrons. The van der Waals surface area contributed by atoms with Crippen LogP contribution in [0.15, 0.2) is 0 Å². The van der Waals surface area contributed by atoms with Crippen LogP contribution in [-0.4, -0.2) is 51.8 Å². The van der Waals surface area contributed by atoms with Crippen molar-refractivity contribution < 1.29 is 27.0 Å². The highest BCUT2D eigenvalue weighted by Gasteiger charge is 2.22. The Labute approximate surface area is 76.5 Å². The third-order valence-corrected chi connectivity index (χ3v) is 4.14. The van der Waals surface area contributed by atoms with E-state index in [1.165, 1.54) is 0 Å². The van der Waals surface area contributed by atoms with Crippen molar-refractivity contribution in [1.82, 2.24) is 4.13 Å². The fourth-order valence-corrected chi connectivity index (χ4v) is 2.92. The Balaban J connectivity index is 4.44. The van der Waals surface area contributed by atoms with E-state index in [0.29, 0.717) is 0 Å². The van der Waals surface area contributed by atoms with Crippen molar-refractivity contribution in [1.29, 1.82) is 0 Å². The van der Waals surface area contributed by atoms with E-state index in [2.05, 4.69) is 4.13 Å². The number of nitrogens with zero attached hydrogens (tertiary/aromatic N) is 1. The highest BCUT2D eigenvalue weighted by Crippen LogP contribution is 1.93. The first-order chi connectivity index (χ1) is 5.83. The lowest BCUT2D eigenvalue weighted by molar-refractivity contribution is 0.319. The number of aliphatic hydroxyl groups is 2. The highest BCUT2D eigenvalue weighted by molar-refractivity contribution is 8.04. The summed E-state index contributed by atoms with van der Waals surface area (Å²) < 4.78 is 45.5. The first-order valence-corrected chi connectivity index (χ1v) is 6.46. The van der Waals surface area contributed by atoms with Crippen molar-refractivity contribution in [2.75, 3.05) is 24.7 Å². The van der Waals surface area contributed by atoms with E-state index in [0.717, 1.165) is 0 Å². The minimum Gasteiger partial charge on any atom is -0.395 e. The largest absolute Gasteiger partial charge is 0.395 e. The van der Waals surface area contributed by atoms with Crippen LogP contribution in [0.1, 0.15) is 0 Å². The van der Waals surface area contributed by atoms with E-state index in [-0.39, 0.29) is 0 Å². The van der Waals surface area contributed by atoms with E-state index >= 15 is 0 Å². The predicted octanol–water partition coefficient (Wildman–Crippen LogP) is -2.76. The van der Waals surface area contributed by atoms with Crippen LogP contribution in [0, 0.1) is 0 Å². The van der Waals surface area contributed by atoms with E-state index in [4.69, 9.17) is 10.2 Å². The van der Waals surface area contributed by atoms with Gasteiger partial charge in [0.15, 0.2) is 0 Å². The third kappa shape index (κ3) is 5.93. The molecule has 0 saturated heterocycles. The molecule has 0 heterocycles. The molecule has 0 rings (SSSR count). The maximum Gasteiger partial charge on any atom is 0.244 e. The monoisotopic (exact) mass is 232 g/mol. The van der Waals surface area contributed by atoms with E-state index in [1.807, 2.05) is 0 Å². The Hall–Kier alpha value is -0.220. The summed E-state index contributed by atoms with van der Waals surface area (Å²) in [4.78, 5) is 0. The maximum atomic E-state index is 10.7. The molecule has 0 atom stereocenters. The molecule has 9 heteroatoms. The second-order valence-corrected chi connectivity index (χ2v) is 5.83. The molecule has 0 aromatic rings. The van der Waals surface area contributed by atoms with Gasteiger partial charge in [-0.3, -0.25) is 0 Å². The molecule has 0 saturated carbocycles. The fraction of sp³-hybridized carbons (Fsp3) is 1.00. The first kappa shape index (κ1) is 12.8. The summed E-state index contributed by atoms with van der Waals surface area (Å²) in [5.74, 6) is -1.48. The zero-order valence-electron chi connectivity index (χ0n) is 6.62. The summed E-state index contributed by atoms with van der Waals surface area (Å²) in [6.07, 6.45) is 0. The Morgan fingerprint density at radius 3 is 1.38 bits per heavy atom. The molecule has 0 spiro atoms. The van der Waals surface area contributed by atoms with Gasteiger partial charge in [-0.15, -0.1) is 0 Å². The number of hydrogen-bond donors (Lipinski definition) is 2. The smallest absolute Gasteiger partial charge is 0.244 e. The molecule has 0 fully saturated rings. The predicted molar refractivity (Wildman–Crippen MR) is 43.9 cm³/mol. The van der Waals surface area contributed by atoms with E-state index in [1.54, 1.807) is 0 Å². The van der Waals surface area contributed by atoms with Crippen LogP contribution >= 0.6 is 0 Å². The van der Waals surface area contributed by atoms with Crippen LogP contribution in [0.25, 0.3) is 0 Å². The zero-order chi connectivity index (χ0) is 10.5. The molecular weight excluding hydrogens is 222 g/mol. The second-order valence-electron chi connectivity index (χ2n) is 2.09. The van der Waals surface area contributed by atoms with Crippen LogP contribution < -0.4 is 4.13 Å². The third-order valence-electron chi connectivity index (χ3n) is 0.926. The van der Waals surface area contributed by atoms with Crippen LogP contribution in [-0.2, 0) is 20.0 Å². The summed E-state index contributed by atoms with van der Waals surface area (Å²) in [6, 6.07) is 0. The van der Waals surface area contributed by atoms with E-state index < -0.39 is 44.8 Å². The Morgan fingerprint density at radius 2 is 1.15 bits per heavy atom. The molecule has 0 aliphatic heterocycles. The summed E-state index contributed by atoms with van der Waals surface area (Å²) in [7, 11) is -8.27. The molecular formula is C4H10NO6S2. The van der Waals surface area contributed by atoms with Gasteiger partial charge >= 0.3 is 0 Å². The Morgan fingerprint density at radius 1 is 0.846 bits per heavy atom. The van der Waals surface area contributed by atoms with Crippen LogP contribution in [0.5, 0.6) is 0 Å². The van der Waals surface area contributed by atoms with Crippen molar-refractivity contribution in [2.24, 2.45) is 0 Å². The summed E-state index contributed by atoms with van der Waals surface area (Å²) in [5.41, 5.74) is 0. The highest BCUT2D eigenvalue weighted by atomic mass is 32.3. The standard InChI is InChI=1S/C4H10NO6S2/c6-1-3-12(8,9)5-13(10,11)4-2-7/h6-7H,1-4H2. The lowest BCUT2D eigenvalue weighted by Gasteiger charge is -2.01. The van der Waals surface area contributed by atoms with Gasteiger partial charge in [0.1, 0.15) is 0 Å². The second kappa shape index (κ2) is 4.86. The molecule has 0 aromatic heterocycles. The maximum absolute atomic E-state index is 10.7. The number of aliphatic hydroxyl groups excluding tert-OH is 2. The van der Waals surface area contributed by atoms with Crippen LogP contribution in [0.4, 0.5) is 0 Å². The molecule has 0 aliphatic rings. The molecule has 0 aliphatic carbocycles. The number of hydrogen-bond acceptors (Lipinski definition) is 6. The van der Waals surface area contributed by atoms with Gasteiger partial charge in [0.2, 0.25) is 20.0 Å². The quantitative estimate of drug-likeness (QED) is 0.511. The first-order valence-electron chi connectivity index (χ1n) is 3.24. The number of rotatable bonds is 6. The van der Waals surface area contributed by atoms with Crippen LogP contribution in [0.2, 0.25) is 0 Å². The van der Waals surface area contributed by atoms with Gasteiger partial charge in [-0.05, 0) is 0 Å². The van der Waals surface area contributed by atoms with E-state index in [9.17, 15) is 16.8 Å². The summed E-state index contributed by atoms with van der Waals surface area (Å²) in [5, 5.41) is 16.5. The van der Waals surface area contributed by atoms with Gasteiger partial charge < -0.3 is 10.2 Å². The molecule has 0 bridgehead atoms. The molecule has 7 nitrogen and oxygen atoms in total. The van der Waals surface area contributed by atoms with Gasteiger partial charge in [-0.25, -0.2) is 16.8 Å². The fourth-order valence-electron chi connectivity index (χ4n) is 0.478. The van der Waals surface area contributed by atoms with Gasteiger partial charge in [0.05, 0.1) is 24.7 Å². The lowest BCUT2D eigenvalue weighted by Crippen LogP contribution is -2.29. The van der Waals surface area contributed by atoms with Crippen molar-refractivity contribution in [3.05, 3.63) is 0 Å². The van der Waals surface area contributed by atoms with Crippen molar-refractivity contribution in [2.45, 2.75) is 0 Å². The van der Waals surface area contributed by atoms with Gasteiger partial charge in [-0.2, -0.15) is 0 Å². The van der Waals surface area contributed by atoms with Crippen molar-refractivity contribution >= 4 is 20.0 Å². The SMILES string of the molecule is O=S(=O)(CCO)[N]S(=O)(=O)CCO. The Kier molecular flexibility index (Phi) is 4.78. The topological polar surface area (TPSA) is 123 Å². The molecule has 13 heavy (non-hydrogen) atoms. The molecule has 0 aromatic carbocycles. The normalized spacial score (nSPS) is 13.1. The van der Waals surface area contributed by atoms with Crippen molar-refractivity contribution in [3.8, 4) is 0 Å². The molecule has 0 unspecified atom stereocenters. The minimum atomic E-state index is -4.14.